The molecule has 1 saturated heterocycles. The molecule has 0 aromatic carbocycles. The summed E-state index contributed by atoms with van der Waals surface area (Å²) in [6.45, 7) is 4.51. The van der Waals surface area contributed by atoms with Crippen molar-refractivity contribution in [3.05, 3.63) is 15.7 Å². The van der Waals surface area contributed by atoms with Crippen molar-refractivity contribution in [1.29, 1.82) is 0 Å². The average molecular weight is 308 g/mol. The third-order valence-corrected chi connectivity index (χ3v) is 5.83. The van der Waals surface area contributed by atoms with Crippen LogP contribution in [0.25, 0.3) is 10.2 Å². The third kappa shape index (κ3) is 2.01. The molecular weight excluding hydrogens is 290 g/mol. The van der Waals surface area contributed by atoms with Gasteiger partial charge in [-0.2, -0.15) is 4.98 Å². The molecule has 2 aliphatic rings. The normalized spacial score (nSPS) is 22.5. The summed E-state index contributed by atoms with van der Waals surface area (Å²) < 4.78 is 0. The molecule has 106 valence electrons. The molecule has 20 heavy (non-hydrogen) atoms. The standard InChI is InChI=1S/C15H18ClN3S/c1-9-4-3-7-19(8-9)13-12-10-5-2-6-11(10)20-14(12)18-15(16)17-13/h9H,2-8H2,1H3. The number of hydrogen-bond donors (Lipinski definition) is 0. The number of nitrogens with zero attached hydrogens (tertiary/aromatic N) is 3. The van der Waals surface area contributed by atoms with E-state index < -0.39 is 0 Å². The second kappa shape index (κ2) is 4.85. The maximum Gasteiger partial charge on any atom is 0.225 e. The van der Waals surface area contributed by atoms with Gasteiger partial charge in [-0.1, -0.05) is 6.92 Å². The van der Waals surface area contributed by atoms with Crippen LogP contribution in [0.2, 0.25) is 5.28 Å². The molecule has 3 heterocycles. The van der Waals surface area contributed by atoms with Gasteiger partial charge in [0.1, 0.15) is 10.6 Å². The highest BCUT2D eigenvalue weighted by Crippen LogP contribution is 2.41. The van der Waals surface area contributed by atoms with Crippen LogP contribution in [0, 0.1) is 5.92 Å². The Morgan fingerprint density at radius 3 is 3.00 bits per heavy atom. The molecular formula is C15H18ClN3S. The van der Waals surface area contributed by atoms with Crippen molar-refractivity contribution in [1.82, 2.24) is 9.97 Å². The summed E-state index contributed by atoms with van der Waals surface area (Å²) in [5.74, 6) is 1.82. The van der Waals surface area contributed by atoms with Crippen molar-refractivity contribution in [3.63, 3.8) is 0 Å². The first-order valence-corrected chi connectivity index (χ1v) is 8.64. The van der Waals surface area contributed by atoms with Crippen LogP contribution in [-0.2, 0) is 12.8 Å². The van der Waals surface area contributed by atoms with Crippen LogP contribution in [0.5, 0.6) is 0 Å². The Morgan fingerprint density at radius 1 is 1.25 bits per heavy atom. The molecule has 4 rings (SSSR count). The Balaban J connectivity index is 1.88. The highest BCUT2D eigenvalue weighted by Gasteiger charge is 2.26. The molecule has 2 aromatic rings. The molecule has 3 nitrogen and oxygen atoms in total. The molecule has 1 aliphatic carbocycles. The van der Waals surface area contributed by atoms with Crippen LogP contribution in [0.1, 0.15) is 36.6 Å². The minimum Gasteiger partial charge on any atom is -0.356 e. The zero-order chi connectivity index (χ0) is 13.7. The van der Waals surface area contributed by atoms with E-state index in [0.29, 0.717) is 5.28 Å². The summed E-state index contributed by atoms with van der Waals surface area (Å²) in [6.07, 6.45) is 6.22. The quantitative estimate of drug-likeness (QED) is 0.744. The topological polar surface area (TPSA) is 29.0 Å². The lowest BCUT2D eigenvalue weighted by molar-refractivity contribution is 0.445. The molecule has 0 radical (unpaired) electrons. The second-order valence-electron chi connectivity index (χ2n) is 6.05. The lowest BCUT2D eigenvalue weighted by Gasteiger charge is -2.32. The van der Waals surface area contributed by atoms with Crippen molar-refractivity contribution >= 4 is 39.0 Å². The molecule has 1 fully saturated rings. The second-order valence-corrected chi connectivity index (χ2v) is 7.47. The van der Waals surface area contributed by atoms with Gasteiger partial charge in [0, 0.05) is 18.0 Å². The number of rotatable bonds is 1. The van der Waals surface area contributed by atoms with Crippen LogP contribution in [0.4, 0.5) is 5.82 Å². The fourth-order valence-corrected chi connectivity index (χ4v) is 5.03. The van der Waals surface area contributed by atoms with Gasteiger partial charge in [0.25, 0.3) is 0 Å². The van der Waals surface area contributed by atoms with E-state index in [1.165, 1.54) is 47.9 Å². The number of halogens is 1. The van der Waals surface area contributed by atoms with Crippen LogP contribution < -0.4 is 4.90 Å². The zero-order valence-corrected chi connectivity index (χ0v) is 13.2. The Kier molecular flexibility index (Phi) is 3.11. The first-order valence-electron chi connectivity index (χ1n) is 7.45. The van der Waals surface area contributed by atoms with Gasteiger partial charge in [-0.15, -0.1) is 11.3 Å². The minimum absolute atomic E-state index is 0.394. The van der Waals surface area contributed by atoms with Gasteiger partial charge >= 0.3 is 0 Å². The van der Waals surface area contributed by atoms with Gasteiger partial charge in [-0.05, 0) is 55.2 Å². The zero-order valence-electron chi connectivity index (χ0n) is 11.7. The first-order chi connectivity index (χ1) is 9.72. The Labute approximate surface area is 128 Å². The van der Waals surface area contributed by atoms with Crippen LogP contribution in [0.15, 0.2) is 0 Å². The summed E-state index contributed by atoms with van der Waals surface area (Å²) >= 11 is 7.98. The molecule has 0 bridgehead atoms. The number of aryl methyl sites for hydroxylation is 2. The number of thiophene rings is 1. The summed E-state index contributed by atoms with van der Waals surface area (Å²) in [5, 5.41) is 1.69. The van der Waals surface area contributed by atoms with Crippen LogP contribution in [0.3, 0.4) is 0 Å². The molecule has 1 atom stereocenters. The molecule has 2 aromatic heterocycles. The monoisotopic (exact) mass is 307 g/mol. The van der Waals surface area contributed by atoms with E-state index in [1.54, 1.807) is 0 Å². The molecule has 0 N–H and O–H groups in total. The van der Waals surface area contributed by atoms with E-state index >= 15 is 0 Å². The SMILES string of the molecule is CC1CCCN(c2nc(Cl)nc3sc4c(c23)CCC4)C1. The van der Waals surface area contributed by atoms with E-state index in [4.69, 9.17) is 11.6 Å². The number of hydrogen-bond acceptors (Lipinski definition) is 4. The molecule has 5 heteroatoms. The first kappa shape index (κ1) is 12.8. The van der Waals surface area contributed by atoms with E-state index in [0.717, 1.165) is 29.7 Å². The molecule has 0 saturated carbocycles. The summed E-state index contributed by atoms with van der Waals surface area (Å²) in [4.78, 5) is 14.1. The van der Waals surface area contributed by atoms with Gasteiger partial charge in [-0.3, -0.25) is 0 Å². The molecule has 1 unspecified atom stereocenters. The summed E-state index contributed by atoms with van der Waals surface area (Å²) in [7, 11) is 0. The number of anilines is 1. The van der Waals surface area contributed by atoms with Crippen LogP contribution in [-0.4, -0.2) is 23.1 Å². The van der Waals surface area contributed by atoms with Crippen molar-refractivity contribution in [2.45, 2.75) is 39.0 Å². The van der Waals surface area contributed by atoms with Gasteiger partial charge in [0.15, 0.2) is 0 Å². The van der Waals surface area contributed by atoms with Gasteiger partial charge in [0.2, 0.25) is 5.28 Å². The lowest BCUT2D eigenvalue weighted by Crippen LogP contribution is -2.35. The van der Waals surface area contributed by atoms with E-state index in [9.17, 15) is 0 Å². The van der Waals surface area contributed by atoms with Crippen molar-refractivity contribution < 1.29 is 0 Å². The van der Waals surface area contributed by atoms with Crippen molar-refractivity contribution in [2.75, 3.05) is 18.0 Å². The third-order valence-electron chi connectivity index (χ3n) is 4.47. The minimum atomic E-state index is 0.394. The number of aromatic nitrogens is 2. The Hall–Kier alpha value is -0.870. The average Bonchev–Trinajstić information content (AvgIpc) is 2.97. The van der Waals surface area contributed by atoms with Crippen LogP contribution >= 0.6 is 22.9 Å². The molecule has 0 spiro atoms. The van der Waals surface area contributed by atoms with Crippen molar-refractivity contribution in [2.24, 2.45) is 5.92 Å². The highest BCUT2D eigenvalue weighted by atomic mass is 35.5. The predicted molar refractivity (Wildman–Crippen MR) is 85.1 cm³/mol. The number of fused-ring (bicyclic) bond motifs is 3. The van der Waals surface area contributed by atoms with Gasteiger partial charge < -0.3 is 4.90 Å². The van der Waals surface area contributed by atoms with E-state index in [-0.39, 0.29) is 0 Å². The predicted octanol–water partition coefficient (Wildman–Crippen LogP) is 4.07. The number of piperidine rings is 1. The Bertz CT molecular complexity index is 667. The maximum absolute atomic E-state index is 6.16. The molecule has 1 aliphatic heterocycles. The fraction of sp³-hybridized carbons (Fsp3) is 0.600. The van der Waals surface area contributed by atoms with Gasteiger partial charge in [-0.25, -0.2) is 4.98 Å². The lowest BCUT2D eigenvalue weighted by atomic mass is 10.00. The fourth-order valence-electron chi connectivity index (χ4n) is 3.56. The van der Waals surface area contributed by atoms with E-state index in [1.807, 2.05) is 11.3 Å². The van der Waals surface area contributed by atoms with Gasteiger partial charge in [0.05, 0.1) is 5.39 Å². The smallest absolute Gasteiger partial charge is 0.225 e. The Morgan fingerprint density at radius 2 is 2.15 bits per heavy atom. The van der Waals surface area contributed by atoms with Crippen molar-refractivity contribution in [3.8, 4) is 0 Å². The largest absolute Gasteiger partial charge is 0.356 e. The highest BCUT2D eigenvalue weighted by molar-refractivity contribution is 7.19. The molecule has 0 amide bonds. The summed E-state index contributed by atoms with van der Waals surface area (Å²) in [6, 6.07) is 0. The summed E-state index contributed by atoms with van der Waals surface area (Å²) in [5.41, 5.74) is 1.50. The maximum atomic E-state index is 6.16. The van der Waals surface area contributed by atoms with E-state index in [2.05, 4.69) is 21.8 Å².